The van der Waals surface area contributed by atoms with Crippen molar-refractivity contribution < 1.29 is 19.1 Å². The summed E-state index contributed by atoms with van der Waals surface area (Å²) in [5, 5.41) is 12.3. The first-order valence-electron chi connectivity index (χ1n) is 11.3. The van der Waals surface area contributed by atoms with Gasteiger partial charge in [-0.1, -0.05) is 44.7 Å². The fourth-order valence-electron chi connectivity index (χ4n) is 3.25. The van der Waals surface area contributed by atoms with E-state index in [2.05, 4.69) is 48.4 Å². The van der Waals surface area contributed by atoms with Crippen LogP contribution in [0.5, 0.6) is 5.75 Å². The Morgan fingerprint density at radius 3 is 2.46 bits per heavy atom. The van der Waals surface area contributed by atoms with Crippen molar-refractivity contribution in [3.63, 3.8) is 0 Å². The monoisotopic (exact) mass is 516 g/mol. The highest BCUT2D eigenvalue weighted by Gasteiger charge is 2.22. The Morgan fingerprint density at radius 2 is 1.83 bits per heavy atom. The van der Waals surface area contributed by atoms with Crippen molar-refractivity contribution in [1.82, 2.24) is 14.8 Å². The van der Waals surface area contributed by atoms with Crippen molar-refractivity contribution in [3.05, 3.63) is 51.7 Å². The van der Waals surface area contributed by atoms with Crippen molar-refractivity contribution in [3.8, 4) is 5.75 Å². The van der Waals surface area contributed by atoms with Crippen molar-refractivity contribution in [2.45, 2.75) is 58.7 Å². The number of nitrogens with one attached hydrogen (secondary N) is 1. The number of carbonyl (C=O) groups is 2. The van der Waals surface area contributed by atoms with Gasteiger partial charge in [0.25, 0.3) is 0 Å². The molecule has 0 aliphatic heterocycles. The molecule has 1 aromatic carbocycles. The van der Waals surface area contributed by atoms with Gasteiger partial charge in [0.2, 0.25) is 5.91 Å². The molecule has 0 unspecified atom stereocenters. The van der Waals surface area contributed by atoms with Gasteiger partial charge in [-0.3, -0.25) is 4.79 Å². The highest BCUT2D eigenvalue weighted by atomic mass is 32.2. The minimum absolute atomic E-state index is 0.0854. The fraction of sp³-hybridized carbons (Fsp3) is 0.440. The van der Waals surface area contributed by atoms with Gasteiger partial charge in [0.15, 0.2) is 11.0 Å². The number of ether oxygens (including phenoxy) is 2. The molecule has 0 atom stereocenters. The lowest BCUT2D eigenvalue weighted by molar-refractivity contribution is -0.113. The molecule has 35 heavy (non-hydrogen) atoms. The second-order valence-electron chi connectivity index (χ2n) is 9.07. The lowest BCUT2D eigenvalue weighted by atomic mass is 9.87. The third-order valence-electron chi connectivity index (χ3n) is 5.46. The largest absolute Gasteiger partial charge is 0.486 e. The molecule has 10 heteroatoms. The Bertz CT molecular complexity index is 1190. The zero-order chi connectivity index (χ0) is 25.8. The van der Waals surface area contributed by atoms with Crippen LogP contribution in [0.3, 0.4) is 0 Å². The molecule has 0 saturated carbocycles. The Hall–Kier alpha value is -2.85. The molecule has 0 aliphatic rings. The van der Waals surface area contributed by atoms with Gasteiger partial charge in [-0.2, -0.15) is 0 Å². The Labute approximate surface area is 214 Å². The van der Waals surface area contributed by atoms with E-state index in [9.17, 15) is 9.59 Å². The summed E-state index contributed by atoms with van der Waals surface area (Å²) in [6.07, 6.45) is 0. The minimum atomic E-state index is -0.428. The van der Waals surface area contributed by atoms with E-state index in [-0.39, 0.29) is 30.3 Å². The number of thiophene rings is 1. The van der Waals surface area contributed by atoms with E-state index >= 15 is 0 Å². The van der Waals surface area contributed by atoms with Crippen LogP contribution < -0.4 is 10.1 Å². The molecule has 0 fully saturated rings. The molecule has 2 heterocycles. The first-order chi connectivity index (χ1) is 16.5. The third kappa shape index (κ3) is 6.64. The first-order valence-corrected chi connectivity index (χ1v) is 13.1. The van der Waals surface area contributed by atoms with Crippen LogP contribution in [0, 0.1) is 13.8 Å². The number of nitrogens with zero attached hydrogens (tertiary/aromatic N) is 3. The lowest BCUT2D eigenvalue weighted by Crippen LogP contribution is -2.16. The summed E-state index contributed by atoms with van der Waals surface area (Å²) in [6.45, 7) is 12.6. The summed E-state index contributed by atoms with van der Waals surface area (Å²) in [7, 11) is 1.84. The number of rotatable bonds is 9. The zero-order valence-electron chi connectivity index (χ0n) is 21.2. The molecule has 1 amide bonds. The summed E-state index contributed by atoms with van der Waals surface area (Å²) in [5.41, 5.74) is 2.56. The van der Waals surface area contributed by atoms with E-state index in [0.29, 0.717) is 21.5 Å². The van der Waals surface area contributed by atoms with Crippen molar-refractivity contribution >= 4 is 40.0 Å². The highest BCUT2D eigenvalue weighted by Crippen LogP contribution is 2.33. The van der Waals surface area contributed by atoms with Crippen LogP contribution in [0.4, 0.5) is 5.00 Å². The standard InChI is InChI=1S/C25H32N4O4S2/c1-8-32-23(31)21-15(2)16(3)35-22(21)26-20(30)14-34-24-28-27-19(29(24)7)13-33-18-11-9-17(10-12-18)25(4,5)6/h9-12H,8,13-14H2,1-7H3,(H,26,30). The first kappa shape index (κ1) is 26.7. The van der Waals surface area contributed by atoms with Crippen molar-refractivity contribution in [1.29, 1.82) is 0 Å². The molecule has 0 bridgehead atoms. The normalized spacial score (nSPS) is 11.4. The maximum absolute atomic E-state index is 12.6. The van der Waals surface area contributed by atoms with E-state index < -0.39 is 5.97 Å². The quantitative estimate of drug-likeness (QED) is 0.305. The van der Waals surface area contributed by atoms with Gasteiger partial charge in [-0.15, -0.1) is 21.5 Å². The number of hydrogen-bond donors (Lipinski definition) is 1. The zero-order valence-corrected chi connectivity index (χ0v) is 22.9. The summed E-state index contributed by atoms with van der Waals surface area (Å²) in [6, 6.07) is 8.04. The second kappa shape index (κ2) is 11.3. The van der Waals surface area contributed by atoms with Gasteiger partial charge < -0.3 is 19.4 Å². The molecular formula is C25H32N4O4S2. The molecule has 3 aromatic rings. The number of benzene rings is 1. The smallest absolute Gasteiger partial charge is 0.341 e. The molecule has 1 N–H and O–H groups in total. The SMILES string of the molecule is CCOC(=O)c1c(NC(=O)CSc2nnc(COc3ccc(C(C)(C)C)cc3)n2C)sc(C)c1C. The average molecular weight is 517 g/mol. The maximum atomic E-state index is 12.6. The van der Waals surface area contributed by atoms with Gasteiger partial charge >= 0.3 is 5.97 Å². The van der Waals surface area contributed by atoms with E-state index in [1.54, 1.807) is 6.92 Å². The van der Waals surface area contributed by atoms with E-state index in [1.807, 2.05) is 37.6 Å². The minimum Gasteiger partial charge on any atom is -0.486 e. The number of esters is 1. The Balaban J connectivity index is 1.57. The topological polar surface area (TPSA) is 95.3 Å². The van der Waals surface area contributed by atoms with E-state index in [4.69, 9.17) is 9.47 Å². The molecular weight excluding hydrogens is 484 g/mol. The third-order valence-corrected chi connectivity index (χ3v) is 7.61. The number of hydrogen-bond acceptors (Lipinski definition) is 8. The molecule has 0 saturated heterocycles. The predicted molar refractivity (Wildman–Crippen MR) is 140 cm³/mol. The van der Waals surface area contributed by atoms with E-state index in [0.717, 1.165) is 16.2 Å². The van der Waals surface area contributed by atoms with Gasteiger partial charge in [0.1, 0.15) is 17.4 Å². The molecule has 8 nitrogen and oxygen atoms in total. The predicted octanol–water partition coefficient (Wildman–Crippen LogP) is 5.28. The molecule has 2 aromatic heterocycles. The number of aryl methyl sites for hydroxylation is 1. The second-order valence-corrected chi connectivity index (χ2v) is 11.2. The molecule has 0 aliphatic carbocycles. The van der Waals surface area contributed by atoms with Gasteiger partial charge in [-0.25, -0.2) is 4.79 Å². The molecule has 0 radical (unpaired) electrons. The summed E-state index contributed by atoms with van der Waals surface area (Å²) < 4.78 is 12.8. The number of carbonyl (C=O) groups excluding carboxylic acids is 2. The number of anilines is 1. The van der Waals surface area contributed by atoms with Gasteiger partial charge in [0, 0.05) is 11.9 Å². The number of aromatic nitrogens is 3. The van der Waals surface area contributed by atoms with Crippen LogP contribution in [0.25, 0.3) is 0 Å². The summed E-state index contributed by atoms with van der Waals surface area (Å²) in [5.74, 6) is 0.875. The van der Waals surface area contributed by atoms with Crippen LogP contribution in [0.2, 0.25) is 0 Å². The van der Waals surface area contributed by atoms with Crippen LogP contribution in [0.1, 0.15) is 59.9 Å². The lowest BCUT2D eigenvalue weighted by Gasteiger charge is -2.19. The van der Waals surface area contributed by atoms with Crippen LogP contribution in [0.15, 0.2) is 29.4 Å². The highest BCUT2D eigenvalue weighted by molar-refractivity contribution is 7.99. The van der Waals surface area contributed by atoms with Crippen LogP contribution in [-0.2, 0) is 28.6 Å². The van der Waals surface area contributed by atoms with Crippen molar-refractivity contribution in [2.24, 2.45) is 7.05 Å². The summed E-state index contributed by atoms with van der Waals surface area (Å²) in [4.78, 5) is 25.9. The average Bonchev–Trinajstić information content (AvgIpc) is 3.28. The number of amides is 1. The van der Waals surface area contributed by atoms with Gasteiger partial charge in [0.05, 0.1) is 17.9 Å². The molecule has 3 rings (SSSR count). The van der Waals surface area contributed by atoms with Crippen LogP contribution in [-0.4, -0.2) is 39.0 Å². The van der Waals surface area contributed by atoms with Crippen molar-refractivity contribution in [2.75, 3.05) is 17.7 Å². The Morgan fingerprint density at radius 1 is 1.14 bits per heavy atom. The van der Waals surface area contributed by atoms with E-state index in [1.165, 1.54) is 28.7 Å². The summed E-state index contributed by atoms with van der Waals surface area (Å²) >= 11 is 2.63. The molecule has 188 valence electrons. The van der Waals surface area contributed by atoms with Crippen LogP contribution >= 0.6 is 23.1 Å². The maximum Gasteiger partial charge on any atom is 0.341 e. The Kier molecular flexibility index (Phi) is 8.60. The molecule has 0 spiro atoms. The number of thioether (sulfide) groups is 1. The van der Waals surface area contributed by atoms with Gasteiger partial charge in [-0.05, 0) is 49.4 Å². The fourth-order valence-corrected chi connectivity index (χ4v) is 5.05.